The number of halogens is 4. The number of carbonyl (C=O) groups is 1. The zero-order valence-corrected chi connectivity index (χ0v) is 14.5. The Morgan fingerprint density at radius 2 is 2.26 bits per heavy atom. The van der Waals surface area contributed by atoms with Crippen LogP contribution in [0, 0.1) is 6.92 Å². The molecule has 5 nitrogen and oxygen atoms in total. The molecule has 9 heteroatoms. The zero-order valence-electron chi connectivity index (χ0n) is 12.9. The summed E-state index contributed by atoms with van der Waals surface area (Å²) in [6, 6.07) is -0.110. The van der Waals surface area contributed by atoms with Crippen LogP contribution in [0.4, 0.5) is 13.2 Å². The van der Waals surface area contributed by atoms with Crippen LogP contribution in [0.25, 0.3) is 0 Å². The van der Waals surface area contributed by atoms with Gasteiger partial charge in [0.15, 0.2) is 5.69 Å². The average molecular weight is 398 g/mol. The molecule has 0 saturated carbocycles. The van der Waals surface area contributed by atoms with Crippen LogP contribution in [0.5, 0.6) is 0 Å². The van der Waals surface area contributed by atoms with E-state index in [4.69, 9.17) is 4.74 Å². The minimum absolute atomic E-state index is 0.0105. The van der Waals surface area contributed by atoms with Crippen LogP contribution in [0.2, 0.25) is 0 Å². The van der Waals surface area contributed by atoms with E-state index in [1.165, 1.54) is 11.6 Å². The lowest BCUT2D eigenvalue weighted by atomic mass is 10.1. The molecule has 1 saturated heterocycles. The van der Waals surface area contributed by atoms with E-state index in [-0.39, 0.29) is 35.5 Å². The normalized spacial score (nSPS) is 19.8. The third kappa shape index (κ3) is 4.47. The molecule has 2 rings (SSSR count). The van der Waals surface area contributed by atoms with E-state index in [9.17, 15) is 18.0 Å². The van der Waals surface area contributed by atoms with Crippen molar-refractivity contribution >= 4 is 21.8 Å². The smallest absolute Gasteiger partial charge is 0.376 e. The Bertz CT molecular complexity index is 568. The summed E-state index contributed by atoms with van der Waals surface area (Å²) in [5.74, 6) is -0.229. The summed E-state index contributed by atoms with van der Waals surface area (Å²) in [7, 11) is 0. The topological polar surface area (TPSA) is 56.2 Å². The van der Waals surface area contributed by atoms with Crippen LogP contribution < -0.4 is 5.32 Å². The van der Waals surface area contributed by atoms with Crippen LogP contribution in [-0.2, 0) is 22.3 Å². The number of hydrogen-bond acceptors (Lipinski definition) is 3. The Morgan fingerprint density at radius 3 is 2.78 bits per heavy atom. The first kappa shape index (κ1) is 18.3. The van der Waals surface area contributed by atoms with Crippen molar-refractivity contribution in [3.05, 3.63) is 15.9 Å². The highest BCUT2D eigenvalue weighted by Crippen LogP contribution is 2.35. The molecule has 1 aliphatic heterocycles. The van der Waals surface area contributed by atoms with Gasteiger partial charge in [-0.2, -0.15) is 18.3 Å². The van der Waals surface area contributed by atoms with E-state index in [1.54, 1.807) is 0 Å². The summed E-state index contributed by atoms with van der Waals surface area (Å²) in [4.78, 5) is 11.9. The highest BCUT2D eigenvalue weighted by Gasteiger charge is 2.37. The maximum atomic E-state index is 12.8. The summed E-state index contributed by atoms with van der Waals surface area (Å²) in [6.45, 7) is 4.18. The summed E-state index contributed by atoms with van der Waals surface area (Å²) in [6.07, 6.45) is -2.57. The predicted octanol–water partition coefficient (Wildman–Crippen LogP) is 3.05. The molecule has 2 heterocycles. The van der Waals surface area contributed by atoms with Gasteiger partial charge in [0.1, 0.15) is 0 Å². The standard InChI is InChI=1S/C14H19BrF3N3O2/c1-8(10-4-3-7-23-10)19-11(22)5-6-21-9(2)12(15)13(20-21)14(16,17)18/h8,10H,3-7H2,1-2H3,(H,19,22)/t8-,10+/m1/s1. The molecule has 0 spiro atoms. The van der Waals surface area contributed by atoms with Gasteiger partial charge >= 0.3 is 6.18 Å². The van der Waals surface area contributed by atoms with Gasteiger partial charge in [-0.05, 0) is 42.6 Å². The Balaban J connectivity index is 1.91. The van der Waals surface area contributed by atoms with Crippen molar-refractivity contribution in [2.24, 2.45) is 0 Å². The molecule has 1 fully saturated rings. The lowest BCUT2D eigenvalue weighted by Gasteiger charge is -2.20. The van der Waals surface area contributed by atoms with E-state index in [0.717, 1.165) is 12.8 Å². The minimum atomic E-state index is -4.52. The summed E-state index contributed by atoms with van der Waals surface area (Å²) < 4.78 is 45.0. The van der Waals surface area contributed by atoms with Gasteiger partial charge in [-0.1, -0.05) is 0 Å². The van der Waals surface area contributed by atoms with Crippen molar-refractivity contribution < 1.29 is 22.7 Å². The van der Waals surface area contributed by atoms with Crippen LogP contribution in [0.15, 0.2) is 4.47 Å². The van der Waals surface area contributed by atoms with Crippen LogP contribution >= 0.6 is 15.9 Å². The molecule has 2 atom stereocenters. The molecular formula is C14H19BrF3N3O2. The molecule has 23 heavy (non-hydrogen) atoms. The number of alkyl halides is 3. The first-order valence-corrected chi connectivity index (χ1v) is 8.20. The van der Waals surface area contributed by atoms with Crippen molar-refractivity contribution in [3.8, 4) is 0 Å². The monoisotopic (exact) mass is 397 g/mol. The highest BCUT2D eigenvalue weighted by atomic mass is 79.9. The Kier molecular flexibility index (Phi) is 5.72. The van der Waals surface area contributed by atoms with Gasteiger partial charge < -0.3 is 10.1 Å². The fourth-order valence-electron chi connectivity index (χ4n) is 2.55. The average Bonchev–Trinajstić information content (AvgIpc) is 3.07. The lowest BCUT2D eigenvalue weighted by Crippen LogP contribution is -2.41. The maximum absolute atomic E-state index is 12.8. The van der Waals surface area contributed by atoms with Crippen LogP contribution in [0.3, 0.4) is 0 Å². The number of rotatable bonds is 5. The van der Waals surface area contributed by atoms with Gasteiger partial charge in [-0.3, -0.25) is 9.48 Å². The number of carbonyl (C=O) groups excluding carboxylic acids is 1. The van der Waals surface area contributed by atoms with E-state index in [0.29, 0.717) is 12.3 Å². The summed E-state index contributed by atoms with van der Waals surface area (Å²) in [5, 5.41) is 6.37. The van der Waals surface area contributed by atoms with E-state index in [2.05, 4.69) is 26.3 Å². The maximum Gasteiger partial charge on any atom is 0.436 e. The molecule has 0 aromatic carbocycles. The number of aryl methyl sites for hydroxylation is 1. The molecule has 1 aromatic rings. The molecule has 1 amide bonds. The quantitative estimate of drug-likeness (QED) is 0.830. The second kappa shape index (κ2) is 7.21. The molecule has 0 aliphatic carbocycles. The third-order valence-electron chi connectivity index (χ3n) is 3.86. The fraction of sp³-hybridized carbons (Fsp3) is 0.714. The number of amides is 1. The van der Waals surface area contributed by atoms with E-state index in [1.807, 2.05) is 6.92 Å². The Hall–Kier alpha value is -1.09. The highest BCUT2D eigenvalue weighted by molar-refractivity contribution is 9.10. The first-order valence-electron chi connectivity index (χ1n) is 7.41. The van der Waals surface area contributed by atoms with Crippen molar-refractivity contribution in [1.82, 2.24) is 15.1 Å². The number of hydrogen-bond donors (Lipinski definition) is 1. The number of nitrogens with one attached hydrogen (secondary N) is 1. The van der Waals surface area contributed by atoms with Crippen LogP contribution in [0.1, 0.15) is 37.6 Å². The lowest BCUT2D eigenvalue weighted by molar-refractivity contribution is -0.142. The van der Waals surface area contributed by atoms with Crippen molar-refractivity contribution in [3.63, 3.8) is 0 Å². The predicted molar refractivity (Wildman–Crippen MR) is 80.9 cm³/mol. The molecule has 0 radical (unpaired) electrons. The van der Waals surface area contributed by atoms with E-state index >= 15 is 0 Å². The zero-order chi connectivity index (χ0) is 17.2. The second-order valence-corrected chi connectivity index (χ2v) is 6.42. The van der Waals surface area contributed by atoms with Gasteiger partial charge in [0, 0.05) is 13.0 Å². The largest absolute Gasteiger partial charge is 0.436 e. The van der Waals surface area contributed by atoms with Gasteiger partial charge in [0.05, 0.1) is 28.9 Å². The second-order valence-electron chi connectivity index (χ2n) is 5.63. The van der Waals surface area contributed by atoms with Gasteiger partial charge in [-0.25, -0.2) is 0 Å². The first-order chi connectivity index (χ1) is 10.7. The number of aromatic nitrogens is 2. The number of ether oxygens (including phenoxy) is 1. The van der Waals surface area contributed by atoms with Gasteiger partial charge in [0.2, 0.25) is 5.91 Å². The Morgan fingerprint density at radius 1 is 1.57 bits per heavy atom. The fourth-order valence-corrected chi connectivity index (χ4v) is 3.06. The van der Waals surface area contributed by atoms with Crippen molar-refractivity contribution in [1.29, 1.82) is 0 Å². The van der Waals surface area contributed by atoms with Gasteiger partial charge in [0.25, 0.3) is 0 Å². The number of nitrogens with zero attached hydrogens (tertiary/aromatic N) is 2. The van der Waals surface area contributed by atoms with Crippen molar-refractivity contribution in [2.45, 2.75) is 58.0 Å². The molecule has 1 N–H and O–H groups in total. The molecule has 130 valence electrons. The summed E-state index contributed by atoms with van der Waals surface area (Å²) >= 11 is 2.91. The Labute approximate surface area is 140 Å². The summed E-state index contributed by atoms with van der Waals surface area (Å²) in [5.41, 5.74) is -0.625. The SMILES string of the molecule is Cc1c(Br)c(C(F)(F)F)nn1CCC(=O)N[C@H](C)[C@@H]1CCCO1. The van der Waals surface area contributed by atoms with Crippen molar-refractivity contribution in [2.75, 3.05) is 6.61 Å². The third-order valence-corrected chi connectivity index (χ3v) is 4.81. The molecule has 0 unspecified atom stereocenters. The molecular weight excluding hydrogens is 379 g/mol. The van der Waals surface area contributed by atoms with Crippen LogP contribution in [-0.4, -0.2) is 34.4 Å². The molecule has 1 aromatic heterocycles. The minimum Gasteiger partial charge on any atom is -0.376 e. The molecule has 0 bridgehead atoms. The molecule has 1 aliphatic rings. The van der Waals surface area contributed by atoms with Gasteiger partial charge in [-0.15, -0.1) is 0 Å². The van der Waals surface area contributed by atoms with E-state index < -0.39 is 11.9 Å².